The number of pyridine rings is 1. The van der Waals surface area contributed by atoms with E-state index in [-0.39, 0.29) is 12.2 Å². The minimum Gasteiger partial charge on any atom is -0.377 e. The number of aromatic nitrogens is 1. The number of hydrogen-bond donors (Lipinski definition) is 1. The number of hydrogen-bond acceptors (Lipinski definition) is 3. The van der Waals surface area contributed by atoms with Crippen LogP contribution in [0, 0.1) is 0 Å². The van der Waals surface area contributed by atoms with E-state index in [0.29, 0.717) is 21.2 Å². The third kappa shape index (κ3) is 5.03. The Bertz CT molecular complexity index is 671. The van der Waals surface area contributed by atoms with Gasteiger partial charge in [-0.1, -0.05) is 54.6 Å². The molecule has 0 amide bonds. The van der Waals surface area contributed by atoms with Crippen LogP contribution in [-0.4, -0.2) is 15.9 Å². The maximum Gasteiger partial charge on any atom is 0.166 e. The molecule has 1 N–H and O–H groups in total. The molecule has 1 aromatic carbocycles. The van der Waals surface area contributed by atoms with Crippen molar-refractivity contribution in [2.75, 3.05) is 0 Å². The van der Waals surface area contributed by atoms with Gasteiger partial charge in [-0.15, -0.1) is 0 Å². The van der Waals surface area contributed by atoms with Gasteiger partial charge < -0.3 is 5.11 Å². The van der Waals surface area contributed by atoms with Gasteiger partial charge in [0.05, 0.1) is 0 Å². The van der Waals surface area contributed by atoms with Crippen LogP contribution >= 0.6 is 23.2 Å². The third-order valence-electron chi connectivity index (χ3n) is 3.54. The van der Waals surface area contributed by atoms with Crippen molar-refractivity contribution >= 4 is 29.0 Å². The highest BCUT2D eigenvalue weighted by Gasteiger charge is 2.35. The maximum absolute atomic E-state index is 11.9. The number of halogens is 2. The van der Waals surface area contributed by atoms with E-state index in [1.807, 2.05) is 0 Å². The van der Waals surface area contributed by atoms with E-state index < -0.39 is 5.60 Å². The fraction of sp³-hybridized carbons (Fsp3) is 0.333. The monoisotopic (exact) mass is 351 g/mol. The number of rotatable bonds is 4. The summed E-state index contributed by atoms with van der Waals surface area (Å²) in [6, 6.07) is 8.30. The minimum absolute atomic E-state index is 0.0734. The lowest BCUT2D eigenvalue weighted by molar-refractivity contribution is -0.136. The van der Waals surface area contributed by atoms with Crippen LogP contribution in [0.1, 0.15) is 37.3 Å². The zero-order valence-corrected chi connectivity index (χ0v) is 14.4. The molecule has 1 unspecified atom stereocenters. The summed E-state index contributed by atoms with van der Waals surface area (Å²) in [5.74, 6) is -0.364. The van der Waals surface area contributed by atoms with Gasteiger partial charge in [-0.05, 0) is 30.7 Å². The molecule has 0 spiro atoms. The summed E-state index contributed by atoms with van der Waals surface area (Å²) < 4.78 is 0. The van der Waals surface area contributed by atoms with Gasteiger partial charge in [0, 0.05) is 34.4 Å². The standard InChI is InChI=1S/C15H13Cl2NO2.C3H6/c1-10(19)15(20,12-3-2-6-18-9-12)8-11-4-5-13(16)7-14(11)17;1-2-3-1/h2-7,9,20H,8H2,1H3;1-3H2. The summed E-state index contributed by atoms with van der Waals surface area (Å²) in [6.45, 7) is 1.34. The second-order valence-electron chi connectivity index (χ2n) is 5.63. The first kappa shape index (κ1) is 17.9. The van der Waals surface area contributed by atoms with E-state index in [2.05, 4.69) is 4.98 Å². The largest absolute Gasteiger partial charge is 0.377 e. The molecule has 0 aliphatic heterocycles. The summed E-state index contributed by atoms with van der Waals surface area (Å²) in [5, 5.41) is 11.6. The molecule has 1 saturated carbocycles. The molecule has 1 fully saturated rings. The highest BCUT2D eigenvalue weighted by Crippen LogP contribution is 2.30. The SMILES string of the molecule is C1CC1.CC(=O)C(O)(Cc1ccc(Cl)cc1Cl)c1cccnc1. The third-order valence-corrected chi connectivity index (χ3v) is 4.12. The Kier molecular flexibility index (Phi) is 6.17. The van der Waals surface area contributed by atoms with Crippen LogP contribution in [0.3, 0.4) is 0 Å². The molecule has 5 heteroatoms. The van der Waals surface area contributed by atoms with Crippen LogP contribution in [0.15, 0.2) is 42.7 Å². The Morgan fingerprint density at radius 2 is 1.96 bits per heavy atom. The van der Waals surface area contributed by atoms with Crippen LogP contribution in [0.25, 0.3) is 0 Å². The van der Waals surface area contributed by atoms with E-state index in [1.165, 1.54) is 32.4 Å². The molecule has 1 aliphatic rings. The zero-order chi connectivity index (χ0) is 16.9. The summed E-state index contributed by atoms with van der Waals surface area (Å²) in [7, 11) is 0. The summed E-state index contributed by atoms with van der Waals surface area (Å²) in [6.07, 6.45) is 7.63. The first-order valence-electron chi connectivity index (χ1n) is 7.51. The molecule has 3 rings (SSSR count). The van der Waals surface area contributed by atoms with Gasteiger partial charge >= 0.3 is 0 Å². The Balaban J connectivity index is 0.000000572. The predicted octanol–water partition coefficient (Wildman–Crippen LogP) is 4.58. The second-order valence-corrected chi connectivity index (χ2v) is 6.47. The number of Topliss-reactive ketones (excluding diaryl/α,β-unsaturated/α-hetero) is 1. The van der Waals surface area contributed by atoms with Gasteiger partial charge in [-0.2, -0.15) is 0 Å². The zero-order valence-electron chi connectivity index (χ0n) is 12.9. The van der Waals surface area contributed by atoms with Crippen molar-refractivity contribution in [3.63, 3.8) is 0 Å². The van der Waals surface area contributed by atoms with Crippen LogP contribution in [0.4, 0.5) is 0 Å². The number of ketones is 1. The lowest BCUT2D eigenvalue weighted by Gasteiger charge is -2.26. The molecule has 2 aromatic rings. The van der Waals surface area contributed by atoms with E-state index in [9.17, 15) is 9.90 Å². The average molecular weight is 352 g/mol. The van der Waals surface area contributed by atoms with E-state index in [4.69, 9.17) is 23.2 Å². The summed E-state index contributed by atoms with van der Waals surface area (Å²) in [5.41, 5.74) is -0.553. The van der Waals surface area contributed by atoms with Crippen LogP contribution in [0.2, 0.25) is 10.0 Å². The Morgan fingerprint density at radius 3 is 2.43 bits per heavy atom. The van der Waals surface area contributed by atoms with Crippen molar-refractivity contribution in [2.24, 2.45) is 0 Å². The highest BCUT2D eigenvalue weighted by atomic mass is 35.5. The lowest BCUT2D eigenvalue weighted by atomic mass is 9.85. The fourth-order valence-corrected chi connectivity index (χ4v) is 2.45. The molecule has 1 atom stereocenters. The topological polar surface area (TPSA) is 50.2 Å². The predicted molar refractivity (Wildman–Crippen MR) is 92.8 cm³/mol. The normalized spacial score (nSPS) is 15.1. The van der Waals surface area contributed by atoms with Crippen LogP contribution in [-0.2, 0) is 16.8 Å². The number of benzene rings is 1. The van der Waals surface area contributed by atoms with Crippen molar-refractivity contribution in [2.45, 2.75) is 38.2 Å². The van der Waals surface area contributed by atoms with Crippen LogP contribution < -0.4 is 0 Å². The van der Waals surface area contributed by atoms with Crippen molar-refractivity contribution in [3.05, 3.63) is 63.9 Å². The molecule has 0 bridgehead atoms. The van der Waals surface area contributed by atoms with E-state index in [1.54, 1.807) is 36.5 Å². The van der Waals surface area contributed by atoms with Gasteiger partial charge in [0.2, 0.25) is 0 Å². The Morgan fingerprint density at radius 1 is 1.26 bits per heavy atom. The van der Waals surface area contributed by atoms with Crippen molar-refractivity contribution in [1.82, 2.24) is 4.98 Å². The van der Waals surface area contributed by atoms with E-state index >= 15 is 0 Å². The van der Waals surface area contributed by atoms with Gasteiger partial charge in [0.1, 0.15) is 0 Å². The smallest absolute Gasteiger partial charge is 0.166 e. The number of carbonyl (C=O) groups excluding carboxylic acids is 1. The number of carbonyl (C=O) groups is 1. The summed E-state index contributed by atoms with van der Waals surface area (Å²) in [4.78, 5) is 15.8. The molecule has 1 aliphatic carbocycles. The number of nitrogens with zero attached hydrogens (tertiary/aromatic N) is 1. The van der Waals surface area contributed by atoms with Gasteiger partial charge in [0.15, 0.2) is 11.4 Å². The summed E-state index contributed by atoms with van der Waals surface area (Å²) >= 11 is 11.9. The Labute approximate surface area is 146 Å². The van der Waals surface area contributed by atoms with Gasteiger partial charge in [0.25, 0.3) is 0 Å². The molecule has 0 saturated heterocycles. The average Bonchev–Trinajstić information content (AvgIpc) is 3.39. The maximum atomic E-state index is 11.9. The van der Waals surface area contributed by atoms with Crippen molar-refractivity contribution < 1.29 is 9.90 Å². The quantitative estimate of drug-likeness (QED) is 0.876. The van der Waals surface area contributed by atoms with Crippen molar-refractivity contribution in [3.8, 4) is 0 Å². The second kappa shape index (κ2) is 7.91. The minimum atomic E-state index is -1.65. The van der Waals surface area contributed by atoms with E-state index in [0.717, 1.165) is 0 Å². The fourth-order valence-electron chi connectivity index (χ4n) is 1.98. The molecule has 0 radical (unpaired) electrons. The van der Waals surface area contributed by atoms with Gasteiger partial charge in [-0.3, -0.25) is 9.78 Å². The number of aliphatic hydroxyl groups is 1. The molecule has 122 valence electrons. The van der Waals surface area contributed by atoms with Crippen molar-refractivity contribution in [1.29, 1.82) is 0 Å². The van der Waals surface area contributed by atoms with Gasteiger partial charge in [-0.25, -0.2) is 0 Å². The Hall–Kier alpha value is -1.42. The molecular formula is C18H19Cl2NO2. The first-order valence-corrected chi connectivity index (χ1v) is 8.27. The first-order chi connectivity index (χ1) is 10.9. The molecule has 3 nitrogen and oxygen atoms in total. The molecule has 1 heterocycles. The molecular weight excluding hydrogens is 333 g/mol. The highest BCUT2D eigenvalue weighted by molar-refractivity contribution is 6.35. The molecule has 23 heavy (non-hydrogen) atoms. The lowest BCUT2D eigenvalue weighted by Crippen LogP contribution is -2.36. The molecule has 1 aromatic heterocycles. The van der Waals surface area contributed by atoms with Crippen LogP contribution in [0.5, 0.6) is 0 Å².